The van der Waals surface area contributed by atoms with Gasteiger partial charge >= 0.3 is 6.16 Å². The highest BCUT2D eigenvalue weighted by atomic mass is 16.8. The maximum absolute atomic E-state index is 11.3. The van der Waals surface area contributed by atoms with Gasteiger partial charge in [-0.1, -0.05) is 0 Å². The van der Waals surface area contributed by atoms with Gasteiger partial charge in [-0.3, -0.25) is 4.79 Å². The third kappa shape index (κ3) is 0.913. The van der Waals surface area contributed by atoms with Gasteiger partial charge in [-0.15, -0.1) is 0 Å². The van der Waals surface area contributed by atoms with Crippen molar-refractivity contribution in [2.45, 2.75) is 18.9 Å². The largest absolute Gasteiger partial charge is 0.508 e. The molecule has 1 aliphatic heterocycles. The average Bonchev–Trinajstić information content (AvgIpc) is 2.45. The van der Waals surface area contributed by atoms with E-state index in [1.165, 1.54) is 0 Å². The molecule has 1 saturated heterocycles. The predicted molar refractivity (Wildman–Crippen MR) is 40.9 cm³/mol. The molecule has 3 rings (SSSR count). The highest BCUT2D eigenvalue weighted by Gasteiger charge is 2.63. The number of rotatable bonds is 1. The molecule has 0 aromatic heterocycles. The van der Waals surface area contributed by atoms with Gasteiger partial charge in [0.1, 0.15) is 18.5 Å². The summed E-state index contributed by atoms with van der Waals surface area (Å²) in [5, 5.41) is 0. The fourth-order valence-electron chi connectivity index (χ4n) is 2.74. The van der Waals surface area contributed by atoms with E-state index in [-0.39, 0.29) is 17.9 Å². The van der Waals surface area contributed by atoms with Crippen molar-refractivity contribution >= 4 is 11.9 Å². The molecule has 0 amide bonds. The van der Waals surface area contributed by atoms with Crippen LogP contribution in [0.3, 0.4) is 0 Å². The molecule has 0 N–H and O–H groups in total. The third-order valence-electron chi connectivity index (χ3n) is 3.37. The van der Waals surface area contributed by atoms with Crippen molar-refractivity contribution in [3.05, 3.63) is 0 Å². The number of carbonyl (C=O) groups excluding carboxylic acids is 2. The van der Waals surface area contributed by atoms with Crippen LogP contribution in [-0.2, 0) is 14.3 Å². The fraction of sp³-hybridized carbons (Fsp3) is 0.778. The van der Waals surface area contributed by atoms with Gasteiger partial charge in [0.15, 0.2) is 0 Å². The van der Waals surface area contributed by atoms with Gasteiger partial charge in [0, 0.05) is 18.3 Å². The minimum Gasteiger partial charge on any atom is -0.430 e. The molecular formula is C9H10O4. The third-order valence-corrected chi connectivity index (χ3v) is 3.37. The molecule has 0 radical (unpaired) electrons. The normalized spacial score (nSPS) is 47.1. The first-order chi connectivity index (χ1) is 6.27. The molecule has 0 aromatic carbocycles. The van der Waals surface area contributed by atoms with Crippen LogP contribution < -0.4 is 0 Å². The Balaban J connectivity index is 1.70. The summed E-state index contributed by atoms with van der Waals surface area (Å²) in [5.74, 6) is 1.28. The van der Waals surface area contributed by atoms with Gasteiger partial charge < -0.3 is 9.47 Å². The molecule has 70 valence electrons. The van der Waals surface area contributed by atoms with E-state index in [1.807, 2.05) is 0 Å². The first-order valence-corrected chi connectivity index (χ1v) is 4.63. The monoisotopic (exact) mass is 182 g/mol. The van der Waals surface area contributed by atoms with Gasteiger partial charge in [0.2, 0.25) is 0 Å². The van der Waals surface area contributed by atoms with E-state index in [9.17, 15) is 9.59 Å². The van der Waals surface area contributed by atoms with Crippen LogP contribution in [0.5, 0.6) is 0 Å². The Labute approximate surface area is 75.2 Å². The molecule has 13 heavy (non-hydrogen) atoms. The first kappa shape index (κ1) is 7.35. The van der Waals surface area contributed by atoms with E-state index < -0.39 is 6.16 Å². The molecule has 4 heteroatoms. The van der Waals surface area contributed by atoms with Gasteiger partial charge in [0.25, 0.3) is 0 Å². The second-order valence-electron chi connectivity index (χ2n) is 3.99. The maximum atomic E-state index is 11.3. The van der Waals surface area contributed by atoms with Gasteiger partial charge in [-0.2, -0.15) is 0 Å². The molecule has 4 nitrogen and oxygen atoms in total. The standard InChI is InChI=1S/C9H10O4/c10-5-2-1-4-7(5)8(4)6-3-12-9(11)13-6/h4,6-8H,1-3H2. The molecule has 4 atom stereocenters. The molecule has 2 aliphatic carbocycles. The van der Waals surface area contributed by atoms with E-state index in [1.54, 1.807) is 0 Å². The van der Waals surface area contributed by atoms with Crippen molar-refractivity contribution in [3.63, 3.8) is 0 Å². The molecule has 3 fully saturated rings. The SMILES string of the molecule is O=C1OCC(C2C3CCC(=O)C32)O1. The van der Waals surface area contributed by atoms with Crippen molar-refractivity contribution in [1.82, 2.24) is 0 Å². The number of carbonyl (C=O) groups is 2. The van der Waals surface area contributed by atoms with Crippen LogP contribution in [0.4, 0.5) is 4.79 Å². The Morgan fingerprint density at radius 3 is 2.69 bits per heavy atom. The average molecular weight is 182 g/mol. The Morgan fingerprint density at radius 2 is 2.15 bits per heavy atom. The van der Waals surface area contributed by atoms with Gasteiger partial charge in [-0.05, 0) is 12.3 Å². The Hall–Kier alpha value is -1.06. The smallest absolute Gasteiger partial charge is 0.430 e. The summed E-state index contributed by atoms with van der Waals surface area (Å²) >= 11 is 0. The van der Waals surface area contributed by atoms with Crippen LogP contribution in [-0.4, -0.2) is 24.6 Å². The summed E-state index contributed by atoms with van der Waals surface area (Å²) in [7, 11) is 0. The van der Waals surface area contributed by atoms with Crippen LogP contribution in [0.15, 0.2) is 0 Å². The molecule has 3 aliphatic rings. The second kappa shape index (κ2) is 2.25. The summed E-state index contributed by atoms with van der Waals surface area (Å²) in [5.41, 5.74) is 0. The van der Waals surface area contributed by atoms with Gasteiger partial charge in [0.05, 0.1) is 0 Å². The molecule has 4 unspecified atom stereocenters. The zero-order valence-electron chi connectivity index (χ0n) is 7.06. The van der Waals surface area contributed by atoms with Crippen LogP contribution in [0, 0.1) is 17.8 Å². The maximum Gasteiger partial charge on any atom is 0.508 e. The van der Waals surface area contributed by atoms with Gasteiger partial charge in [-0.25, -0.2) is 4.79 Å². The molecule has 1 heterocycles. The number of hydrogen-bond donors (Lipinski definition) is 0. The summed E-state index contributed by atoms with van der Waals surface area (Å²) in [6, 6.07) is 0. The molecule has 0 aromatic rings. The highest BCUT2D eigenvalue weighted by Crippen LogP contribution is 2.58. The Morgan fingerprint density at radius 1 is 1.31 bits per heavy atom. The highest BCUT2D eigenvalue weighted by molar-refractivity contribution is 5.87. The zero-order valence-corrected chi connectivity index (χ0v) is 7.06. The Bertz CT molecular complexity index is 285. The second-order valence-corrected chi connectivity index (χ2v) is 3.99. The van der Waals surface area contributed by atoms with E-state index in [0.717, 1.165) is 6.42 Å². The number of Topliss-reactive ketones (excluding diaryl/α,β-unsaturated/α-hetero) is 1. The molecular weight excluding hydrogens is 172 g/mol. The number of ketones is 1. The van der Waals surface area contributed by atoms with E-state index >= 15 is 0 Å². The number of hydrogen-bond acceptors (Lipinski definition) is 4. The summed E-state index contributed by atoms with van der Waals surface area (Å²) in [6.45, 7) is 0.337. The zero-order chi connectivity index (χ0) is 9.00. The van der Waals surface area contributed by atoms with Crippen molar-refractivity contribution in [2.75, 3.05) is 6.61 Å². The molecule has 0 bridgehead atoms. The summed E-state index contributed by atoms with van der Waals surface area (Å²) in [6.07, 6.45) is 0.962. The molecule has 2 saturated carbocycles. The lowest BCUT2D eigenvalue weighted by Crippen LogP contribution is -2.18. The lowest BCUT2D eigenvalue weighted by molar-refractivity contribution is -0.119. The summed E-state index contributed by atoms with van der Waals surface area (Å²) in [4.78, 5) is 21.9. The van der Waals surface area contributed by atoms with Crippen LogP contribution in [0.1, 0.15) is 12.8 Å². The number of fused-ring (bicyclic) bond motifs is 1. The van der Waals surface area contributed by atoms with Crippen molar-refractivity contribution in [2.24, 2.45) is 17.8 Å². The topological polar surface area (TPSA) is 52.6 Å². The van der Waals surface area contributed by atoms with Crippen molar-refractivity contribution in [3.8, 4) is 0 Å². The lowest BCUT2D eigenvalue weighted by Gasteiger charge is -2.06. The van der Waals surface area contributed by atoms with E-state index in [4.69, 9.17) is 9.47 Å². The number of cyclic esters (lactones) is 2. The summed E-state index contributed by atoms with van der Waals surface area (Å²) < 4.78 is 9.65. The van der Waals surface area contributed by atoms with Crippen LogP contribution in [0.2, 0.25) is 0 Å². The van der Waals surface area contributed by atoms with Crippen LogP contribution in [0.25, 0.3) is 0 Å². The van der Waals surface area contributed by atoms with E-state index in [0.29, 0.717) is 24.7 Å². The fourth-order valence-corrected chi connectivity index (χ4v) is 2.74. The van der Waals surface area contributed by atoms with Crippen LogP contribution >= 0.6 is 0 Å². The van der Waals surface area contributed by atoms with Crippen molar-refractivity contribution in [1.29, 1.82) is 0 Å². The van der Waals surface area contributed by atoms with E-state index in [2.05, 4.69) is 0 Å². The minimum absolute atomic E-state index is 0.147. The van der Waals surface area contributed by atoms with Crippen molar-refractivity contribution < 1.29 is 19.1 Å². The minimum atomic E-state index is -0.581. The lowest BCUT2D eigenvalue weighted by atomic mass is 10.1. The quantitative estimate of drug-likeness (QED) is 0.561. The predicted octanol–water partition coefficient (Wildman–Crippen LogP) is 0.747. The first-order valence-electron chi connectivity index (χ1n) is 4.63. The number of ether oxygens (including phenoxy) is 2. The molecule has 0 spiro atoms. The Kier molecular flexibility index (Phi) is 1.27.